The van der Waals surface area contributed by atoms with E-state index in [1.54, 1.807) is 6.07 Å². The number of ether oxygens (including phenoxy) is 3. The molecule has 1 aromatic carbocycles. The van der Waals surface area contributed by atoms with Gasteiger partial charge in [0, 0.05) is 0 Å². The Morgan fingerprint density at radius 1 is 1.30 bits per heavy atom. The Labute approximate surface area is 139 Å². The van der Waals surface area contributed by atoms with Gasteiger partial charge in [-0.3, -0.25) is 0 Å². The molecule has 0 saturated heterocycles. The third-order valence-corrected chi connectivity index (χ3v) is 3.28. The van der Waals surface area contributed by atoms with Crippen LogP contribution in [0.2, 0.25) is 0 Å². The van der Waals surface area contributed by atoms with Gasteiger partial charge in [0.1, 0.15) is 18.1 Å². The number of esters is 2. The maximum Gasteiger partial charge on any atom is 0.354 e. The maximum atomic E-state index is 12.2. The number of anilines is 1. The summed E-state index contributed by atoms with van der Waals surface area (Å²) in [6, 6.07) is 4.55. The van der Waals surface area contributed by atoms with E-state index in [1.165, 1.54) is 12.1 Å². The number of alkyl halides is 2. The van der Waals surface area contributed by atoms with Crippen LogP contribution >= 0.6 is 15.9 Å². The van der Waals surface area contributed by atoms with E-state index in [-0.39, 0.29) is 11.4 Å². The number of carbonyl (C=O) groups excluding carboxylic acids is 2. The van der Waals surface area contributed by atoms with Gasteiger partial charge in [0.05, 0.1) is 30.5 Å². The summed E-state index contributed by atoms with van der Waals surface area (Å²) in [5.41, 5.74) is 0.128. The summed E-state index contributed by atoms with van der Waals surface area (Å²) in [4.78, 5) is 23.0. The predicted molar refractivity (Wildman–Crippen MR) is 81.4 cm³/mol. The molecule has 1 N–H and O–H groups in total. The third kappa shape index (κ3) is 5.85. The van der Waals surface area contributed by atoms with Gasteiger partial charge in [-0.25, -0.2) is 18.4 Å². The highest BCUT2D eigenvalue weighted by Crippen LogP contribution is 2.33. The molecule has 0 aromatic heterocycles. The Morgan fingerprint density at radius 2 is 2.00 bits per heavy atom. The maximum absolute atomic E-state index is 12.2. The lowest BCUT2D eigenvalue weighted by Crippen LogP contribution is -2.16. The van der Waals surface area contributed by atoms with Crippen molar-refractivity contribution in [2.45, 2.75) is 6.43 Å². The third-order valence-electron chi connectivity index (χ3n) is 2.47. The SMILES string of the molecule is COC(=O)/C=C(/Nc1cccc(OCC(F)F)c1Br)C(=O)OC. The molecule has 0 atom stereocenters. The van der Waals surface area contributed by atoms with Gasteiger partial charge >= 0.3 is 11.9 Å². The van der Waals surface area contributed by atoms with Crippen molar-refractivity contribution in [3.63, 3.8) is 0 Å². The molecule has 1 rings (SSSR count). The van der Waals surface area contributed by atoms with Crippen molar-refractivity contribution in [3.05, 3.63) is 34.4 Å². The molecule has 0 fully saturated rings. The summed E-state index contributed by atoms with van der Waals surface area (Å²) in [6.45, 7) is -0.774. The molecule has 0 bridgehead atoms. The number of benzene rings is 1. The summed E-state index contributed by atoms with van der Waals surface area (Å²) < 4.78 is 38.7. The van der Waals surface area contributed by atoms with Crippen LogP contribution in [-0.4, -0.2) is 39.2 Å². The minimum absolute atomic E-state index is 0.151. The van der Waals surface area contributed by atoms with Crippen molar-refractivity contribution >= 4 is 33.6 Å². The van der Waals surface area contributed by atoms with E-state index >= 15 is 0 Å². The fourth-order valence-corrected chi connectivity index (χ4v) is 1.93. The lowest BCUT2D eigenvalue weighted by atomic mass is 10.2. The first kappa shape index (κ1) is 18.9. The number of hydrogen-bond donors (Lipinski definition) is 1. The van der Waals surface area contributed by atoms with Gasteiger partial charge in [0.2, 0.25) is 0 Å². The van der Waals surface area contributed by atoms with Crippen molar-refractivity contribution in [1.82, 2.24) is 0 Å². The summed E-state index contributed by atoms with van der Waals surface area (Å²) in [6.07, 6.45) is -1.71. The van der Waals surface area contributed by atoms with E-state index < -0.39 is 25.0 Å². The standard InChI is InChI=1S/C14H14BrF2NO5/c1-21-12(19)6-9(14(20)22-2)18-8-4-3-5-10(13(8)15)23-7-11(16)17/h3-6,11,18H,7H2,1-2H3/b9-6+. The van der Waals surface area contributed by atoms with Crippen LogP contribution in [0.3, 0.4) is 0 Å². The van der Waals surface area contributed by atoms with Gasteiger partial charge in [-0.05, 0) is 28.1 Å². The van der Waals surface area contributed by atoms with Gasteiger partial charge in [-0.1, -0.05) is 6.07 Å². The van der Waals surface area contributed by atoms with Crippen LogP contribution < -0.4 is 10.1 Å². The average molecular weight is 394 g/mol. The molecular formula is C14H14BrF2NO5. The van der Waals surface area contributed by atoms with Crippen LogP contribution in [0.1, 0.15) is 0 Å². The molecule has 6 nitrogen and oxygen atoms in total. The molecule has 0 saturated carbocycles. The Hall–Kier alpha value is -2.16. The molecule has 0 aliphatic rings. The van der Waals surface area contributed by atoms with Gasteiger partial charge in [0.25, 0.3) is 6.43 Å². The van der Waals surface area contributed by atoms with Crippen LogP contribution in [-0.2, 0) is 19.1 Å². The van der Waals surface area contributed by atoms with E-state index in [0.29, 0.717) is 10.2 Å². The predicted octanol–water partition coefficient (Wildman–Crippen LogP) is 2.73. The van der Waals surface area contributed by atoms with Gasteiger partial charge in [-0.15, -0.1) is 0 Å². The first-order valence-electron chi connectivity index (χ1n) is 6.23. The second kappa shape index (κ2) is 9.09. The number of rotatable bonds is 7. The topological polar surface area (TPSA) is 73.9 Å². The van der Waals surface area contributed by atoms with Gasteiger partial charge < -0.3 is 19.5 Å². The lowest BCUT2D eigenvalue weighted by molar-refractivity contribution is -0.138. The Kier molecular flexibility index (Phi) is 7.46. The zero-order valence-corrected chi connectivity index (χ0v) is 13.9. The van der Waals surface area contributed by atoms with E-state index in [2.05, 4.69) is 30.7 Å². The average Bonchev–Trinajstić information content (AvgIpc) is 2.53. The second-order valence-corrected chi connectivity index (χ2v) is 4.81. The summed E-state index contributed by atoms with van der Waals surface area (Å²) in [7, 11) is 2.30. The van der Waals surface area contributed by atoms with Crippen LogP contribution in [0.5, 0.6) is 5.75 Å². The molecule has 126 valence electrons. The van der Waals surface area contributed by atoms with E-state index in [9.17, 15) is 18.4 Å². The highest BCUT2D eigenvalue weighted by Gasteiger charge is 2.16. The van der Waals surface area contributed by atoms with Crippen molar-refractivity contribution in [2.24, 2.45) is 0 Å². The van der Waals surface area contributed by atoms with Crippen LogP contribution in [0.25, 0.3) is 0 Å². The molecule has 0 spiro atoms. The molecule has 0 aliphatic heterocycles. The van der Waals surface area contributed by atoms with Crippen LogP contribution in [0, 0.1) is 0 Å². The van der Waals surface area contributed by atoms with Crippen LogP contribution in [0.4, 0.5) is 14.5 Å². The van der Waals surface area contributed by atoms with E-state index in [1.807, 2.05) is 0 Å². The number of halogens is 3. The quantitative estimate of drug-likeness (QED) is 0.567. The molecular weight excluding hydrogens is 380 g/mol. The largest absolute Gasteiger partial charge is 0.486 e. The first-order chi connectivity index (χ1) is 10.9. The smallest absolute Gasteiger partial charge is 0.354 e. The van der Waals surface area contributed by atoms with Crippen LogP contribution in [0.15, 0.2) is 34.4 Å². The van der Waals surface area contributed by atoms with Crippen molar-refractivity contribution < 1.29 is 32.6 Å². The van der Waals surface area contributed by atoms with Gasteiger partial charge in [0.15, 0.2) is 0 Å². The number of carbonyl (C=O) groups is 2. The zero-order valence-electron chi connectivity index (χ0n) is 12.3. The monoisotopic (exact) mass is 393 g/mol. The van der Waals surface area contributed by atoms with Crippen molar-refractivity contribution in [2.75, 3.05) is 26.1 Å². The second-order valence-electron chi connectivity index (χ2n) is 4.02. The molecule has 0 radical (unpaired) electrons. The summed E-state index contributed by atoms with van der Waals surface area (Å²) in [5.74, 6) is -1.42. The first-order valence-corrected chi connectivity index (χ1v) is 7.02. The molecule has 23 heavy (non-hydrogen) atoms. The molecule has 9 heteroatoms. The van der Waals surface area contributed by atoms with Crippen molar-refractivity contribution in [1.29, 1.82) is 0 Å². The normalized spacial score (nSPS) is 11.1. The highest BCUT2D eigenvalue weighted by atomic mass is 79.9. The Bertz CT molecular complexity index is 607. The summed E-state index contributed by atoms with van der Waals surface area (Å²) >= 11 is 3.19. The highest BCUT2D eigenvalue weighted by molar-refractivity contribution is 9.10. The Balaban J connectivity index is 3.04. The number of methoxy groups -OCH3 is 2. The summed E-state index contributed by atoms with van der Waals surface area (Å²) in [5, 5.41) is 2.66. The minimum atomic E-state index is -2.62. The Morgan fingerprint density at radius 3 is 2.57 bits per heavy atom. The van der Waals surface area contributed by atoms with Gasteiger partial charge in [-0.2, -0.15) is 0 Å². The zero-order chi connectivity index (χ0) is 17.4. The fraction of sp³-hybridized carbons (Fsp3) is 0.286. The van der Waals surface area contributed by atoms with E-state index in [0.717, 1.165) is 20.3 Å². The number of nitrogens with one attached hydrogen (secondary N) is 1. The molecule has 1 aromatic rings. The molecule has 0 aliphatic carbocycles. The fourth-order valence-electron chi connectivity index (χ4n) is 1.45. The lowest BCUT2D eigenvalue weighted by Gasteiger charge is -2.14. The molecule has 0 heterocycles. The molecule has 0 unspecified atom stereocenters. The minimum Gasteiger partial charge on any atom is -0.486 e. The molecule has 0 amide bonds. The van der Waals surface area contributed by atoms with Crippen molar-refractivity contribution in [3.8, 4) is 5.75 Å². The van der Waals surface area contributed by atoms with E-state index in [4.69, 9.17) is 4.74 Å². The number of hydrogen-bond acceptors (Lipinski definition) is 6.